The molecule has 5 rings (SSSR count). The third-order valence-corrected chi connectivity index (χ3v) is 8.96. The highest BCUT2D eigenvalue weighted by atomic mass is 32.1. The van der Waals surface area contributed by atoms with Gasteiger partial charge in [-0.3, -0.25) is 9.59 Å². The van der Waals surface area contributed by atoms with Gasteiger partial charge in [-0.2, -0.15) is 13.2 Å². The number of amides is 2. The Bertz CT molecular complexity index is 1590. The maximum absolute atomic E-state index is 13.7. The number of carbonyl (C=O) groups is 2. The lowest BCUT2D eigenvalue weighted by Crippen LogP contribution is -2.48. The summed E-state index contributed by atoms with van der Waals surface area (Å²) < 4.78 is 39.4. The van der Waals surface area contributed by atoms with Crippen molar-refractivity contribution in [2.75, 3.05) is 13.1 Å². The molecule has 3 atom stereocenters. The number of aliphatic hydroxyl groups excluding tert-OH is 1. The third-order valence-electron chi connectivity index (χ3n) is 7.99. The van der Waals surface area contributed by atoms with Crippen molar-refractivity contribution in [3.05, 3.63) is 129 Å². The third kappa shape index (κ3) is 8.39. The van der Waals surface area contributed by atoms with E-state index in [9.17, 15) is 27.9 Å². The van der Waals surface area contributed by atoms with Gasteiger partial charge in [0.15, 0.2) is 0 Å². The summed E-state index contributed by atoms with van der Waals surface area (Å²) in [6.07, 6.45) is -3.36. The van der Waals surface area contributed by atoms with Gasteiger partial charge in [-0.15, -0.1) is 11.3 Å². The molecule has 0 spiro atoms. The van der Waals surface area contributed by atoms with Gasteiger partial charge in [0, 0.05) is 35.6 Å². The minimum atomic E-state index is -4.44. The Kier molecular flexibility index (Phi) is 10.4. The molecule has 2 heterocycles. The quantitative estimate of drug-likeness (QED) is 0.175. The maximum atomic E-state index is 13.7. The van der Waals surface area contributed by atoms with E-state index in [0.717, 1.165) is 41.0 Å². The van der Waals surface area contributed by atoms with Gasteiger partial charge in [0.2, 0.25) is 0 Å². The van der Waals surface area contributed by atoms with Crippen LogP contribution < -0.4 is 10.6 Å². The van der Waals surface area contributed by atoms with Crippen molar-refractivity contribution in [3.8, 4) is 0 Å². The SMILES string of the molecule is Cc1cc(C(=O)N[C@H](Cc2ccccc2)[C@@H](O)CNCc2cccc(C(F)(F)F)c2)cc(C(=O)N2CCCC2c2cccs2)c1. The van der Waals surface area contributed by atoms with E-state index in [0.29, 0.717) is 29.7 Å². The number of carbonyl (C=O) groups excluding carboxylic acids is 2. The summed E-state index contributed by atoms with van der Waals surface area (Å²) in [4.78, 5) is 30.3. The van der Waals surface area contributed by atoms with Gasteiger partial charge in [-0.25, -0.2) is 0 Å². The molecule has 1 aliphatic heterocycles. The summed E-state index contributed by atoms with van der Waals surface area (Å²) in [7, 11) is 0. The predicted octanol–water partition coefficient (Wildman–Crippen LogP) is 6.54. The zero-order chi connectivity index (χ0) is 32.0. The standard InChI is InChI=1S/C35H36F3N3O3S/c1-23-16-26(20-27(17-23)34(44)41-14-6-12-30(41)32-13-7-15-45-32)33(43)40-29(19-24-8-3-2-4-9-24)31(42)22-39-21-25-10-5-11-28(18-25)35(36,37)38/h2-5,7-11,13,15-18,20,29-31,39,42H,6,12,14,19,21-22H2,1H3,(H,40,43)/t29-,30?,31+/m1/s1. The highest BCUT2D eigenvalue weighted by Crippen LogP contribution is 2.35. The van der Waals surface area contributed by atoms with Crippen LogP contribution in [0.3, 0.4) is 0 Å². The first-order valence-corrected chi connectivity index (χ1v) is 15.8. The average Bonchev–Trinajstić information content (AvgIpc) is 3.73. The molecule has 6 nitrogen and oxygen atoms in total. The van der Waals surface area contributed by atoms with Gasteiger partial charge >= 0.3 is 6.18 Å². The molecule has 1 saturated heterocycles. The fourth-order valence-electron chi connectivity index (χ4n) is 5.76. The molecule has 1 fully saturated rings. The average molecular weight is 636 g/mol. The maximum Gasteiger partial charge on any atom is 0.416 e. The number of benzene rings is 3. The molecule has 0 radical (unpaired) electrons. The molecule has 236 valence electrons. The van der Waals surface area contributed by atoms with E-state index in [2.05, 4.69) is 10.6 Å². The van der Waals surface area contributed by atoms with Crippen molar-refractivity contribution in [1.82, 2.24) is 15.5 Å². The second kappa shape index (κ2) is 14.4. The van der Waals surface area contributed by atoms with Crippen LogP contribution in [0.2, 0.25) is 0 Å². The first-order valence-electron chi connectivity index (χ1n) is 14.9. The lowest BCUT2D eigenvalue weighted by atomic mass is 9.99. The first-order chi connectivity index (χ1) is 21.6. The van der Waals surface area contributed by atoms with Crippen LogP contribution in [0.5, 0.6) is 0 Å². The predicted molar refractivity (Wildman–Crippen MR) is 169 cm³/mol. The minimum absolute atomic E-state index is 0.0177. The van der Waals surface area contributed by atoms with E-state index in [1.54, 1.807) is 35.6 Å². The van der Waals surface area contributed by atoms with Crippen molar-refractivity contribution in [2.24, 2.45) is 0 Å². The molecule has 1 unspecified atom stereocenters. The number of nitrogens with one attached hydrogen (secondary N) is 2. The molecule has 1 aliphatic rings. The number of aliphatic hydroxyl groups is 1. The van der Waals surface area contributed by atoms with Crippen molar-refractivity contribution in [2.45, 2.75) is 57.1 Å². The Morgan fingerprint density at radius 1 is 0.978 bits per heavy atom. The van der Waals surface area contributed by atoms with E-state index in [1.807, 2.05) is 59.7 Å². The summed E-state index contributed by atoms with van der Waals surface area (Å²) in [5, 5.41) is 19.2. The van der Waals surface area contributed by atoms with Crippen LogP contribution in [-0.4, -0.2) is 47.1 Å². The van der Waals surface area contributed by atoms with E-state index in [1.165, 1.54) is 6.07 Å². The van der Waals surface area contributed by atoms with Gasteiger partial charge in [-0.1, -0.05) is 54.6 Å². The molecular weight excluding hydrogens is 599 g/mol. The fourth-order valence-corrected chi connectivity index (χ4v) is 6.63. The van der Waals surface area contributed by atoms with E-state index < -0.39 is 29.8 Å². The number of nitrogens with zero attached hydrogens (tertiary/aromatic N) is 1. The second-order valence-electron chi connectivity index (χ2n) is 11.4. The zero-order valence-electron chi connectivity index (χ0n) is 24.9. The van der Waals surface area contributed by atoms with Gasteiger partial charge in [0.1, 0.15) is 0 Å². The minimum Gasteiger partial charge on any atom is -0.390 e. The molecule has 3 N–H and O–H groups in total. The lowest BCUT2D eigenvalue weighted by molar-refractivity contribution is -0.137. The number of thiophene rings is 1. The van der Waals surface area contributed by atoms with Crippen molar-refractivity contribution in [3.63, 3.8) is 0 Å². The van der Waals surface area contributed by atoms with Crippen molar-refractivity contribution < 1.29 is 27.9 Å². The number of alkyl halides is 3. The Morgan fingerprint density at radius 3 is 2.47 bits per heavy atom. The summed E-state index contributed by atoms with van der Waals surface area (Å²) in [5.74, 6) is -0.551. The number of hydrogen-bond donors (Lipinski definition) is 3. The largest absolute Gasteiger partial charge is 0.416 e. The van der Waals surface area contributed by atoms with Crippen LogP contribution in [0.1, 0.15) is 66.7 Å². The Balaban J connectivity index is 1.29. The van der Waals surface area contributed by atoms with Gasteiger partial charge in [0.25, 0.3) is 11.8 Å². The summed E-state index contributed by atoms with van der Waals surface area (Å²) >= 11 is 1.63. The number of hydrogen-bond acceptors (Lipinski definition) is 5. The topological polar surface area (TPSA) is 81.7 Å². The molecule has 0 bridgehead atoms. The number of likely N-dealkylation sites (tertiary alicyclic amines) is 1. The Morgan fingerprint density at radius 2 is 1.73 bits per heavy atom. The lowest BCUT2D eigenvalue weighted by Gasteiger charge is -2.26. The highest BCUT2D eigenvalue weighted by molar-refractivity contribution is 7.10. The van der Waals surface area contributed by atoms with Crippen molar-refractivity contribution in [1.29, 1.82) is 0 Å². The van der Waals surface area contributed by atoms with Gasteiger partial charge in [-0.05, 0) is 78.6 Å². The fraction of sp³-hybridized carbons (Fsp3) is 0.314. The van der Waals surface area contributed by atoms with Crippen LogP contribution >= 0.6 is 11.3 Å². The van der Waals surface area contributed by atoms with Crippen molar-refractivity contribution >= 4 is 23.2 Å². The van der Waals surface area contributed by atoms with E-state index >= 15 is 0 Å². The van der Waals surface area contributed by atoms with Crippen LogP contribution in [0.15, 0.2) is 90.3 Å². The monoisotopic (exact) mass is 635 g/mol. The molecule has 0 saturated carbocycles. The normalized spacial score (nSPS) is 16.4. The number of rotatable bonds is 11. The molecular formula is C35H36F3N3O3S. The molecule has 2 amide bonds. The smallest absolute Gasteiger partial charge is 0.390 e. The molecule has 45 heavy (non-hydrogen) atoms. The Hall–Kier alpha value is -3.99. The van der Waals surface area contributed by atoms with Crippen LogP contribution in [0.25, 0.3) is 0 Å². The van der Waals surface area contributed by atoms with E-state index in [-0.39, 0.29) is 25.0 Å². The molecule has 3 aromatic carbocycles. The van der Waals surface area contributed by atoms with E-state index in [4.69, 9.17) is 0 Å². The first kappa shape index (κ1) is 32.4. The highest BCUT2D eigenvalue weighted by Gasteiger charge is 2.32. The van der Waals surface area contributed by atoms with Crippen LogP contribution in [0.4, 0.5) is 13.2 Å². The molecule has 1 aromatic heterocycles. The van der Waals surface area contributed by atoms with Gasteiger partial charge < -0.3 is 20.6 Å². The number of aryl methyl sites for hydroxylation is 1. The molecule has 0 aliphatic carbocycles. The summed E-state index contributed by atoms with van der Waals surface area (Å²) in [6, 6.07) is 22.9. The summed E-state index contributed by atoms with van der Waals surface area (Å²) in [6.45, 7) is 2.63. The summed E-state index contributed by atoms with van der Waals surface area (Å²) in [5.41, 5.74) is 2.10. The van der Waals surface area contributed by atoms with Gasteiger partial charge in [0.05, 0.1) is 23.8 Å². The second-order valence-corrected chi connectivity index (χ2v) is 12.4. The van der Waals surface area contributed by atoms with Crippen LogP contribution in [0, 0.1) is 6.92 Å². The van der Waals surface area contributed by atoms with Crippen LogP contribution in [-0.2, 0) is 19.1 Å². The number of halogens is 3. The molecule has 10 heteroatoms. The zero-order valence-corrected chi connectivity index (χ0v) is 25.7. The molecule has 4 aromatic rings. The Labute approximate surface area is 264 Å².